The summed E-state index contributed by atoms with van der Waals surface area (Å²) in [6, 6.07) is 16.5. The minimum atomic E-state index is 0.0405. The highest BCUT2D eigenvalue weighted by Gasteiger charge is 2.03. The number of nitrogens with one attached hydrogen (secondary N) is 2. The fourth-order valence-corrected chi connectivity index (χ4v) is 2.32. The molecule has 1 amide bonds. The van der Waals surface area contributed by atoms with Gasteiger partial charge in [0.2, 0.25) is 5.91 Å². The Morgan fingerprint density at radius 3 is 2.26 bits per heavy atom. The van der Waals surface area contributed by atoms with Gasteiger partial charge < -0.3 is 10.6 Å². The van der Waals surface area contributed by atoms with Crippen LogP contribution in [0.3, 0.4) is 0 Å². The van der Waals surface area contributed by atoms with Gasteiger partial charge in [-0.2, -0.15) is 0 Å². The van der Waals surface area contributed by atoms with Crippen LogP contribution in [0, 0.1) is 6.92 Å². The number of hydrogen-bond donors (Lipinski definition) is 2. The topological polar surface area (TPSA) is 41.1 Å². The molecule has 0 bridgehead atoms. The molecule has 0 saturated carbocycles. The van der Waals surface area contributed by atoms with Crippen molar-refractivity contribution >= 4 is 11.6 Å². The van der Waals surface area contributed by atoms with E-state index in [-0.39, 0.29) is 5.91 Å². The Labute approximate surface area is 139 Å². The summed E-state index contributed by atoms with van der Waals surface area (Å²) in [7, 11) is 0. The standard InChI is InChI=1S/C20H26N2O/c1-15(2)18-8-10-19(11-9-18)22-20(23)12-13-21-14-17-6-4-16(3)5-7-17/h4-11,15,21H,12-14H2,1-3H3,(H,22,23). The number of rotatable bonds is 7. The first kappa shape index (κ1) is 17.2. The number of benzene rings is 2. The van der Waals surface area contributed by atoms with Crippen molar-refractivity contribution in [1.29, 1.82) is 0 Å². The van der Waals surface area contributed by atoms with E-state index in [1.54, 1.807) is 0 Å². The van der Waals surface area contributed by atoms with Crippen LogP contribution in [0.25, 0.3) is 0 Å². The minimum absolute atomic E-state index is 0.0405. The molecule has 0 atom stereocenters. The lowest BCUT2D eigenvalue weighted by atomic mass is 10.0. The van der Waals surface area contributed by atoms with Crippen molar-refractivity contribution in [3.05, 3.63) is 65.2 Å². The normalized spacial score (nSPS) is 10.8. The molecular formula is C20H26N2O. The predicted octanol–water partition coefficient (Wildman–Crippen LogP) is 4.24. The molecule has 2 aromatic carbocycles. The average molecular weight is 310 g/mol. The molecule has 0 unspecified atom stereocenters. The fraction of sp³-hybridized carbons (Fsp3) is 0.350. The zero-order chi connectivity index (χ0) is 16.7. The van der Waals surface area contributed by atoms with Gasteiger partial charge in [-0.15, -0.1) is 0 Å². The SMILES string of the molecule is Cc1ccc(CNCCC(=O)Nc2ccc(C(C)C)cc2)cc1. The molecule has 3 heteroatoms. The molecule has 3 nitrogen and oxygen atoms in total. The number of hydrogen-bond acceptors (Lipinski definition) is 2. The summed E-state index contributed by atoms with van der Waals surface area (Å²) in [6.07, 6.45) is 0.470. The van der Waals surface area contributed by atoms with Gasteiger partial charge in [0.25, 0.3) is 0 Å². The maximum atomic E-state index is 11.9. The van der Waals surface area contributed by atoms with E-state index in [1.165, 1.54) is 16.7 Å². The zero-order valence-corrected chi connectivity index (χ0v) is 14.2. The van der Waals surface area contributed by atoms with Crippen LogP contribution in [-0.2, 0) is 11.3 Å². The highest BCUT2D eigenvalue weighted by atomic mass is 16.1. The first-order valence-corrected chi connectivity index (χ1v) is 8.20. The largest absolute Gasteiger partial charge is 0.326 e. The van der Waals surface area contributed by atoms with Gasteiger partial charge >= 0.3 is 0 Å². The smallest absolute Gasteiger partial charge is 0.225 e. The molecule has 2 aromatic rings. The van der Waals surface area contributed by atoms with Crippen molar-refractivity contribution in [2.75, 3.05) is 11.9 Å². The maximum absolute atomic E-state index is 11.9. The summed E-state index contributed by atoms with van der Waals surface area (Å²) in [4.78, 5) is 11.9. The fourth-order valence-electron chi connectivity index (χ4n) is 2.32. The highest BCUT2D eigenvalue weighted by Crippen LogP contribution is 2.17. The number of aryl methyl sites for hydroxylation is 1. The molecule has 0 radical (unpaired) electrons. The van der Waals surface area contributed by atoms with Gasteiger partial charge in [-0.05, 0) is 36.1 Å². The van der Waals surface area contributed by atoms with E-state index in [2.05, 4.69) is 67.8 Å². The second-order valence-electron chi connectivity index (χ2n) is 6.24. The Bertz CT molecular complexity index is 615. The Hall–Kier alpha value is -2.13. The van der Waals surface area contributed by atoms with Gasteiger partial charge in [0.05, 0.1) is 0 Å². The lowest BCUT2D eigenvalue weighted by Crippen LogP contribution is -2.21. The maximum Gasteiger partial charge on any atom is 0.225 e. The van der Waals surface area contributed by atoms with Gasteiger partial charge in [-0.3, -0.25) is 4.79 Å². The van der Waals surface area contributed by atoms with Gasteiger partial charge in [0.1, 0.15) is 0 Å². The van der Waals surface area contributed by atoms with Crippen LogP contribution in [0.4, 0.5) is 5.69 Å². The monoisotopic (exact) mass is 310 g/mol. The van der Waals surface area contributed by atoms with Crippen molar-refractivity contribution < 1.29 is 4.79 Å². The van der Waals surface area contributed by atoms with Crippen molar-refractivity contribution in [3.8, 4) is 0 Å². The van der Waals surface area contributed by atoms with E-state index < -0.39 is 0 Å². The number of carbonyl (C=O) groups excluding carboxylic acids is 1. The number of amides is 1. The Morgan fingerprint density at radius 1 is 1.00 bits per heavy atom. The molecule has 0 aliphatic carbocycles. The summed E-state index contributed by atoms with van der Waals surface area (Å²) < 4.78 is 0. The average Bonchev–Trinajstić information content (AvgIpc) is 2.54. The van der Waals surface area contributed by atoms with Crippen LogP contribution >= 0.6 is 0 Å². The molecule has 2 rings (SSSR count). The van der Waals surface area contributed by atoms with Crippen LogP contribution < -0.4 is 10.6 Å². The quantitative estimate of drug-likeness (QED) is 0.751. The molecule has 122 valence electrons. The molecule has 0 spiro atoms. The summed E-state index contributed by atoms with van der Waals surface area (Å²) in [6.45, 7) is 7.86. The van der Waals surface area contributed by atoms with Gasteiger partial charge in [0, 0.05) is 25.2 Å². The van der Waals surface area contributed by atoms with E-state index >= 15 is 0 Å². The molecule has 0 saturated heterocycles. The predicted molar refractivity (Wildman–Crippen MR) is 96.7 cm³/mol. The lowest BCUT2D eigenvalue weighted by Gasteiger charge is -2.09. The molecule has 0 fully saturated rings. The molecule has 23 heavy (non-hydrogen) atoms. The van der Waals surface area contributed by atoms with Crippen LogP contribution in [0.1, 0.15) is 42.9 Å². The minimum Gasteiger partial charge on any atom is -0.326 e. The number of carbonyl (C=O) groups is 1. The molecule has 2 N–H and O–H groups in total. The number of anilines is 1. The Morgan fingerprint density at radius 2 is 1.65 bits per heavy atom. The van der Waals surface area contributed by atoms with E-state index in [0.29, 0.717) is 18.9 Å². The molecule has 0 aliphatic rings. The van der Waals surface area contributed by atoms with Crippen LogP contribution in [0.15, 0.2) is 48.5 Å². The summed E-state index contributed by atoms with van der Waals surface area (Å²) in [5, 5.41) is 6.24. The molecule has 0 aliphatic heterocycles. The molecular weight excluding hydrogens is 284 g/mol. The Kier molecular flexibility index (Phi) is 6.36. The van der Waals surface area contributed by atoms with Gasteiger partial charge in [-0.25, -0.2) is 0 Å². The Balaban J connectivity index is 1.69. The summed E-state index contributed by atoms with van der Waals surface area (Å²) in [5.74, 6) is 0.546. The van der Waals surface area contributed by atoms with Crippen LogP contribution in [-0.4, -0.2) is 12.5 Å². The third kappa shape index (κ3) is 5.87. The van der Waals surface area contributed by atoms with Crippen molar-refractivity contribution in [2.24, 2.45) is 0 Å². The van der Waals surface area contributed by atoms with E-state index in [0.717, 1.165) is 12.2 Å². The first-order chi connectivity index (χ1) is 11.0. The lowest BCUT2D eigenvalue weighted by molar-refractivity contribution is -0.116. The van der Waals surface area contributed by atoms with Crippen LogP contribution in [0.2, 0.25) is 0 Å². The van der Waals surface area contributed by atoms with E-state index in [4.69, 9.17) is 0 Å². The molecule has 0 aromatic heterocycles. The third-order valence-electron chi connectivity index (χ3n) is 3.84. The van der Waals surface area contributed by atoms with E-state index in [9.17, 15) is 4.79 Å². The highest BCUT2D eigenvalue weighted by molar-refractivity contribution is 5.90. The van der Waals surface area contributed by atoms with Crippen molar-refractivity contribution in [1.82, 2.24) is 5.32 Å². The summed E-state index contributed by atoms with van der Waals surface area (Å²) in [5.41, 5.74) is 4.64. The third-order valence-corrected chi connectivity index (χ3v) is 3.84. The second-order valence-corrected chi connectivity index (χ2v) is 6.24. The van der Waals surface area contributed by atoms with Gasteiger partial charge in [-0.1, -0.05) is 55.8 Å². The van der Waals surface area contributed by atoms with Crippen LogP contribution in [0.5, 0.6) is 0 Å². The van der Waals surface area contributed by atoms with Crippen molar-refractivity contribution in [3.63, 3.8) is 0 Å². The second kappa shape index (κ2) is 8.49. The van der Waals surface area contributed by atoms with Gasteiger partial charge in [0.15, 0.2) is 0 Å². The summed E-state index contributed by atoms with van der Waals surface area (Å²) >= 11 is 0. The molecule has 0 heterocycles. The first-order valence-electron chi connectivity index (χ1n) is 8.20. The van der Waals surface area contributed by atoms with E-state index in [1.807, 2.05) is 12.1 Å². The van der Waals surface area contributed by atoms with Crippen molar-refractivity contribution in [2.45, 2.75) is 39.7 Å². The zero-order valence-electron chi connectivity index (χ0n) is 14.2.